The van der Waals surface area contributed by atoms with E-state index in [2.05, 4.69) is 44.3 Å². The van der Waals surface area contributed by atoms with Crippen LogP contribution in [0.2, 0.25) is 0 Å². The molecule has 0 aliphatic carbocycles. The molecule has 6 heteroatoms. The Morgan fingerprint density at radius 2 is 1.93 bits per heavy atom. The summed E-state index contributed by atoms with van der Waals surface area (Å²) in [5.41, 5.74) is 6.26. The van der Waals surface area contributed by atoms with Crippen molar-refractivity contribution in [1.29, 1.82) is 0 Å². The van der Waals surface area contributed by atoms with Crippen molar-refractivity contribution in [3.8, 4) is 11.1 Å². The number of rotatable bonds is 2. The number of benzene rings is 1. The largest absolute Gasteiger partial charge is 0.368 e. The molecule has 2 aromatic heterocycles. The van der Waals surface area contributed by atoms with Crippen molar-refractivity contribution in [3.63, 3.8) is 0 Å². The van der Waals surface area contributed by atoms with E-state index in [-0.39, 0.29) is 5.91 Å². The molecule has 1 aromatic carbocycles. The van der Waals surface area contributed by atoms with Gasteiger partial charge in [-0.1, -0.05) is 12.1 Å². The lowest BCUT2D eigenvalue weighted by Gasteiger charge is -2.33. The molecular formula is C21H23N5O. The van der Waals surface area contributed by atoms with Crippen molar-refractivity contribution in [2.24, 2.45) is 0 Å². The zero-order valence-electron chi connectivity index (χ0n) is 15.5. The standard InChI is InChI=1S/C21H23N5O/c1-25-6-8-26(9-7-25)16-11-18-19(13-24-20(18)23-12-16)14-2-3-17-15(10-14)4-5-22-21(17)27/h2-3,10-13H,4-9H2,1H3,(H,22,27)(H,23,24). The zero-order valence-corrected chi connectivity index (χ0v) is 15.5. The number of carbonyl (C=O) groups is 1. The van der Waals surface area contributed by atoms with Gasteiger partial charge in [0.15, 0.2) is 0 Å². The summed E-state index contributed by atoms with van der Waals surface area (Å²) in [6.07, 6.45) is 4.86. The van der Waals surface area contributed by atoms with E-state index < -0.39 is 0 Å². The summed E-state index contributed by atoms with van der Waals surface area (Å²) in [7, 11) is 2.17. The first-order chi connectivity index (χ1) is 13.2. The summed E-state index contributed by atoms with van der Waals surface area (Å²) in [6.45, 7) is 4.91. The van der Waals surface area contributed by atoms with Gasteiger partial charge in [-0.3, -0.25) is 4.79 Å². The molecule has 2 N–H and O–H groups in total. The number of pyridine rings is 1. The minimum Gasteiger partial charge on any atom is -0.368 e. The molecule has 3 aromatic rings. The van der Waals surface area contributed by atoms with Crippen LogP contribution in [0.15, 0.2) is 36.7 Å². The first kappa shape index (κ1) is 16.3. The highest BCUT2D eigenvalue weighted by molar-refractivity contribution is 5.99. The highest BCUT2D eigenvalue weighted by atomic mass is 16.1. The number of nitrogens with zero attached hydrogens (tertiary/aromatic N) is 3. The van der Waals surface area contributed by atoms with Crippen LogP contribution in [0, 0.1) is 0 Å². The van der Waals surface area contributed by atoms with Gasteiger partial charge in [0.05, 0.1) is 11.9 Å². The Bertz CT molecular complexity index is 1020. The predicted octanol–water partition coefficient (Wildman–Crippen LogP) is 2.27. The Hall–Kier alpha value is -2.86. The third kappa shape index (κ3) is 2.86. The molecule has 0 bridgehead atoms. The summed E-state index contributed by atoms with van der Waals surface area (Å²) in [4.78, 5) is 24.7. The van der Waals surface area contributed by atoms with E-state index in [0.717, 1.165) is 65.9 Å². The molecule has 138 valence electrons. The second-order valence-electron chi connectivity index (χ2n) is 7.46. The highest BCUT2D eigenvalue weighted by Crippen LogP contribution is 2.32. The number of likely N-dealkylation sites (N-methyl/N-ethyl adjacent to an activating group) is 1. The third-order valence-corrected chi connectivity index (χ3v) is 5.73. The molecule has 4 heterocycles. The predicted molar refractivity (Wildman–Crippen MR) is 107 cm³/mol. The van der Waals surface area contributed by atoms with Gasteiger partial charge in [-0.15, -0.1) is 0 Å². The average Bonchev–Trinajstić information content (AvgIpc) is 3.12. The van der Waals surface area contributed by atoms with Crippen LogP contribution in [0.5, 0.6) is 0 Å². The first-order valence-electron chi connectivity index (χ1n) is 9.51. The molecule has 0 unspecified atom stereocenters. The number of hydrogen-bond acceptors (Lipinski definition) is 4. The SMILES string of the molecule is CN1CCN(c2cnc3[nH]cc(-c4ccc5c(c4)CCNC5=O)c3c2)CC1. The van der Waals surface area contributed by atoms with E-state index in [0.29, 0.717) is 6.54 Å². The molecule has 6 nitrogen and oxygen atoms in total. The van der Waals surface area contributed by atoms with Crippen LogP contribution in [0.25, 0.3) is 22.2 Å². The second kappa shape index (κ2) is 6.39. The number of H-pyrrole nitrogens is 1. The number of carbonyl (C=O) groups excluding carboxylic acids is 1. The van der Waals surface area contributed by atoms with Gasteiger partial charge in [0.25, 0.3) is 5.91 Å². The summed E-state index contributed by atoms with van der Waals surface area (Å²) in [5, 5.41) is 4.04. The number of anilines is 1. The van der Waals surface area contributed by atoms with Gasteiger partial charge in [-0.05, 0) is 36.7 Å². The molecule has 1 amide bonds. The van der Waals surface area contributed by atoms with Gasteiger partial charge in [0, 0.05) is 55.4 Å². The maximum absolute atomic E-state index is 12.0. The molecular weight excluding hydrogens is 338 g/mol. The van der Waals surface area contributed by atoms with Gasteiger partial charge in [-0.25, -0.2) is 4.98 Å². The number of aromatic amines is 1. The van der Waals surface area contributed by atoms with Crippen molar-refractivity contribution < 1.29 is 4.79 Å². The Balaban J connectivity index is 1.54. The summed E-state index contributed by atoms with van der Waals surface area (Å²) in [5.74, 6) is 0.0285. The average molecular weight is 361 g/mol. The molecule has 0 saturated carbocycles. The van der Waals surface area contributed by atoms with Gasteiger partial charge in [-0.2, -0.15) is 0 Å². The Morgan fingerprint density at radius 3 is 2.78 bits per heavy atom. The quantitative estimate of drug-likeness (QED) is 0.735. The number of fused-ring (bicyclic) bond motifs is 2. The summed E-state index contributed by atoms with van der Waals surface area (Å²) >= 11 is 0. The number of aromatic nitrogens is 2. The van der Waals surface area contributed by atoms with E-state index in [1.54, 1.807) is 0 Å². The first-order valence-corrected chi connectivity index (χ1v) is 9.51. The molecule has 1 fully saturated rings. The summed E-state index contributed by atoms with van der Waals surface area (Å²) in [6, 6.07) is 8.37. The van der Waals surface area contributed by atoms with E-state index >= 15 is 0 Å². The van der Waals surface area contributed by atoms with Crippen LogP contribution in [-0.4, -0.2) is 60.5 Å². The number of hydrogen-bond donors (Lipinski definition) is 2. The molecule has 2 aliphatic rings. The lowest BCUT2D eigenvalue weighted by molar-refractivity contribution is 0.0946. The maximum atomic E-state index is 12.0. The Morgan fingerprint density at radius 1 is 1.07 bits per heavy atom. The van der Waals surface area contributed by atoms with Crippen molar-refractivity contribution in [3.05, 3.63) is 47.8 Å². The van der Waals surface area contributed by atoms with Crippen molar-refractivity contribution in [2.75, 3.05) is 44.7 Å². The third-order valence-electron chi connectivity index (χ3n) is 5.73. The van der Waals surface area contributed by atoms with Crippen molar-refractivity contribution in [2.45, 2.75) is 6.42 Å². The number of nitrogens with one attached hydrogen (secondary N) is 2. The van der Waals surface area contributed by atoms with Gasteiger partial charge in [0.2, 0.25) is 0 Å². The highest BCUT2D eigenvalue weighted by Gasteiger charge is 2.19. The summed E-state index contributed by atoms with van der Waals surface area (Å²) < 4.78 is 0. The fourth-order valence-electron chi connectivity index (χ4n) is 4.06. The Kier molecular flexibility index (Phi) is 3.86. The van der Waals surface area contributed by atoms with Crippen LogP contribution in [0.3, 0.4) is 0 Å². The topological polar surface area (TPSA) is 64.3 Å². The molecule has 2 aliphatic heterocycles. The molecule has 0 spiro atoms. The van der Waals surface area contributed by atoms with Crippen LogP contribution in [0.4, 0.5) is 5.69 Å². The lowest BCUT2D eigenvalue weighted by atomic mass is 9.95. The van der Waals surface area contributed by atoms with Crippen molar-refractivity contribution >= 4 is 22.6 Å². The fraction of sp³-hybridized carbons (Fsp3) is 0.333. The maximum Gasteiger partial charge on any atom is 0.251 e. The van der Waals surface area contributed by atoms with Crippen LogP contribution >= 0.6 is 0 Å². The smallest absolute Gasteiger partial charge is 0.251 e. The van der Waals surface area contributed by atoms with Crippen LogP contribution in [-0.2, 0) is 6.42 Å². The molecule has 0 atom stereocenters. The van der Waals surface area contributed by atoms with E-state index in [1.807, 2.05) is 24.5 Å². The Labute approximate surface area is 158 Å². The number of amides is 1. The molecule has 5 rings (SSSR count). The normalized spacial score (nSPS) is 17.8. The van der Waals surface area contributed by atoms with Gasteiger partial charge in [0.1, 0.15) is 5.65 Å². The van der Waals surface area contributed by atoms with E-state index in [4.69, 9.17) is 0 Å². The fourth-order valence-corrected chi connectivity index (χ4v) is 4.06. The molecule has 27 heavy (non-hydrogen) atoms. The van der Waals surface area contributed by atoms with E-state index in [9.17, 15) is 4.79 Å². The van der Waals surface area contributed by atoms with Gasteiger partial charge >= 0.3 is 0 Å². The van der Waals surface area contributed by atoms with Crippen molar-refractivity contribution in [1.82, 2.24) is 20.2 Å². The second-order valence-corrected chi connectivity index (χ2v) is 7.46. The monoisotopic (exact) mass is 361 g/mol. The van der Waals surface area contributed by atoms with Crippen LogP contribution < -0.4 is 10.2 Å². The van der Waals surface area contributed by atoms with Crippen LogP contribution in [0.1, 0.15) is 15.9 Å². The molecule has 1 saturated heterocycles. The zero-order chi connectivity index (χ0) is 18.4. The van der Waals surface area contributed by atoms with Gasteiger partial charge < -0.3 is 20.1 Å². The minimum absolute atomic E-state index is 0.0285. The minimum atomic E-state index is 0.0285. The number of piperazine rings is 1. The van der Waals surface area contributed by atoms with E-state index in [1.165, 1.54) is 5.69 Å². The lowest BCUT2D eigenvalue weighted by Crippen LogP contribution is -2.44. The molecule has 0 radical (unpaired) electrons.